The minimum atomic E-state index is -0.815. The number of carboxylic acid groups (broad SMARTS) is 1. The molecule has 1 rings (SSSR count). The number of hydrogen-bond acceptors (Lipinski definition) is 1. The molecule has 1 aromatic carbocycles. The topological polar surface area (TPSA) is 37.3 Å². The Morgan fingerprint density at radius 1 is 1.47 bits per heavy atom. The van der Waals surface area contributed by atoms with E-state index in [1.807, 2.05) is 31.2 Å². The van der Waals surface area contributed by atoms with Gasteiger partial charge in [0.25, 0.3) is 0 Å². The fraction of sp³-hybridized carbons (Fsp3) is 0.250. The number of carbonyl (C=O) groups is 1. The van der Waals surface area contributed by atoms with Crippen LogP contribution in [0.2, 0.25) is 0 Å². The van der Waals surface area contributed by atoms with E-state index in [2.05, 4.69) is 22.5 Å². The Kier molecular flexibility index (Phi) is 4.09. The summed E-state index contributed by atoms with van der Waals surface area (Å²) >= 11 is 3.32. The average Bonchev–Trinajstić information content (AvgIpc) is 2.20. The summed E-state index contributed by atoms with van der Waals surface area (Å²) in [4.78, 5) is 11.1. The molecule has 80 valence electrons. The van der Waals surface area contributed by atoms with Crippen molar-refractivity contribution >= 4 is 21.9 Å². The zero-order valence-corrected chi connectivity index (χ0v) is 10.1. The van der Waals surface area contributed by atoms with Gasteiger partial charge in [-0.25, -0.2) is 0 Å². The van der Waals surface area contributed by atoms with Crippen LogP contribution in [0.4, 0.5) is 0 Å². The van der Waals surface area contributed by atoms with Crippen molar-refractivity contribution in [3.63, 3.8) is 0 Å². The van der Waals surface area contributed by atoms with Crippen molar-refractivity contribution in [2.24, 2.45) is 5.92 Å². The molecule has 0 aliphatic rings. The Bertz CT molecular complexity index is 356. The third kappa shape index (κ3) is 2.93. The van der Waals surface area contributed by atoms with Gasteiger partial charge in [-0.05, 0) is 23.6 Å². The quantitative estimate of drug-likeness (QED) is 0.850. The van der Waals surface area contributed by atoms with Gasteiger partial charge >= 0.3 is 5.97 Å². The third-order valence-corrected chi connectivity index (χ3v) is 2.92. The molecule has 0 aromatic heterocycles. The number of benzene rings is 1. The zero-order chi connectivity index (χ0) is 11.4. The first-order valence-electron chi connectivity index (χ1n) is 4.67. The van der Waals surface area contributed by atoms with Crippen LogP contribution in [0.3, 0.4) is 0 Å². The highest BCUT2D eigenvalue weighted by Crippen LogP contribution is 2.26. The molecule has 0 amide bonds. The number of rotatable bonds is 4. The highest BCUT2D eigenvalue weighted by atomic mass is 79.9. The molecule has 0 aliphatic heterocycles. The van der Waals surface area contributed by atoms with Crippen molar-refractivity contribution < 1.29 is 9.90 Å². The van der Waals surface area contributed by atoms with Crippen LogP contribution in [-0.4, -0.2) is 11.1 Å². The second kappa shape index (κ2) is 5.12. The van der Waals surface area contributed by atoms with E-state index < -0.39 is 11.9 Å². The number of aliphatic carboxylic acids is 1. The summed E-state index contributed by atoms with van der Waals surface area (Å²) in [5.41, 5.74) is 0.804. The molecule has 15 heavy (non-hydrogen) atoms. The summed E-state index contributed by atoms with van der Waals surface area (Å²) in [7, 11) is 0. The number of carboxylic acids is 1. The molecule has 3 heteroatoms. The molecule has 0 saturated carbocycles. The highest BCUT2D eigenvalue weighted by molar-refractivity contribution is 9.10. The largest absolute Gasteiger partial charge is 0.481 e. The van der Waals surface area contributed by atoms with Gasteiger partial charge in [0.05, 0.1) is 5.92 Å². The van der Waals surface area contributed by atoms with Gasteiger partial charge in [-0.15, -0.1) is 6.58 Å². The summed E-state index contributed by atoms with van der Waals surface area (Å²) in [5.74, 6) is -1.41. The van der Waals surface area contributed by atoms with Gasteiger partial charge in [0.2, 0.25) is 0 Å². The first kappa shape index (κ1) is 12.0. The molecule has 0 aliphatic carbocycles. The van der Waals surface area contributed by atoms with Crippen LogP contribution in [0.5, 0.6) is 0 Å². The van der Waals surface area contributed by atoms with E-state index in [1.54, 1.807) is 6.08 Å². The fourth-order valence-electron chi connectivity index (χ4n) is 1.48. The lowest BCUT2D eigenvalue weighted by Crippen LogP contribution is -2.17. The van der Waals surface area contributed by atoms with Crippen molar-refractivity contribution in [2.75, 3.05) is 0 Å². The number of halogens is 1. The molecule has 0 bridgehead atoms. The molecule has 2 nitrogen and oxygen atoms in total. The fourth-order valence-corrected chi connectivity index (χ4v) is 1.74. The molecule has 0 radical (unpaired) electrons. The lowest BCUT2D eigenvalue weighted by atomic mass is 9.87. The first-order valence-corrected chi connectivity index (χ1v) is 5.46. The van der Waals surface area contributed by atoms with E-state index >= 15 is 0 Å². The maximum absolute atomic E-state index is 11.1. The Morgan fingerprint density at radius 3 is 2.40 bits per heavy atom. The first-order chi connectivity index (χ1) is 7.06. The summed E-state index contributed by atoms with van der Waals surface area (Å²) in [6, 6.07) is 7.34. The maximum Gasteiger partial charge on any atom is 0.311 e. The van der Waals surface area contributed by atoms with Crippen LogP contribution >= 0.6 is 15.9 Å². The number of hydrogen-bond donors (Lipinski definition) is 1. The Hall–Kier alpha value is -1.09. The van der Waals surface area contributed by atoms with Crippen LogP contribution < -0.4 is 0 Å². The molecule has 0 fully saturated rings. The maximum atomic E-state index is 11.1. The monoisotopic (exact) mass is 268 g/mol. The van der Waals surface area contributed by atoms with Crippen LogP contribution in [0.25, 0.3) is 0 Å². The van der Waals surface area contributed by atoms with Gasteiger partial charge in [-0.2, -0.15) is 0 Å². The molecule has 2 atom stereocenters. The molecule has 1 aromatic rings. The normalized spacial score (nSPS) is 14.3. The van der Waals surface area contributed by atoms with E-state index in [0.29, 0.717) is 0 Å². The van der Waals surface area contributed by atoms with Crippen molar-refractivity contribution in [1.82, 2.24) is 0 Å². The van der Waals surface area contributed by atoms with E-state index in [-0.39, 0.29) is 5.92 Å². The van der Waals surface area contributed by atoms with Crippen molar-refractivity contribution in [3.05, 3.63) is 47.0 Å². The van der Waals surface area contributed by atoms with Crippen LogP contribution in [-0.2, 0) is 4.79 Å². The SMILES string of the molecule is C=CC(C)C(C(=O)O)c1ccc(Br)cc1. The molecule has 0 heterocycles. The van der Waals surface area contributed by atoms with Crippen LogP contribution in [0, 0.1) is 5.92 Å². The van der Waals surface area contributed by atoms with E-state index in [1.165, 1.54) is 0 Å². The van der Waals surface area contributed by atoms with E-state index in [4.69, 9.17) is 5.11 Å². The van der Waals surface area contributed by atoms with Crippen molar-refractivity contribution in [1.29, 1.82) is 0 Å². The predicted octanol–water partition coefficient (Wildman–Crippen LogP) is 3.44. The Balaban J connectivity index is 3.04. The second-order valence-corrected chi connectivity index (χ2v) is 4.38. The van der Waals surface area contributed by atoms with Gasteiger partial charge in [0.15, 0.2) is 0 Å². The van der Waals surface area contributed by atoms with E-state index in [0.717, 1.165) is 10.0 Å². The van der Waals surface area contributed by atoms with Gasteiger partial charge in [0.1, 0.15) is 0 Å². The summed E-state index contributed by atoms with van der Waals surface area (Å²) in [6.07, 6.45) is 1.67. The Morgan fingerprint density at radius 2 is 2.00 bits per heavy atom. The van der Waals surface area contributed by atoms with Crippen LogP contribution in [0.15, 0.2) is 41.4 Å². The lowest BCUT2D eigenvalue weighted by Gasteiger charge is -2.17. The minimum Gasteiger partial charge on any atom is -0.481 e. The smallest absolute Gasteiger partial charge is 0.311 e. The summed E-state index contributed by atoms with van der Waals surface area (Å²) in [5, 5.41) is 9.14. The number of allylic oxidation sites excluding steroid dienone is 1. The lowest BCUT2D eigenvalue weighted by molar-refractivity contribution is -0.139. The van der Waals surface area contributed by atoms with Gasteiger partial charge in [-0.1, -0.05) is 41.1 Å². The second-order valence-electron chi connectivity index (χ2n) is 3.46. The van der Waals surface area contributed by atoms with Gasteiger partial charge in [-0.3, -0.25) is 4.79 Å². The Labute approximate surface area is 97.8 Å². The minimum absolute atomic E-state index is 0.0799. The van der Waals surface area contributed by atoms with Gasteiger partial charge < -0.3 is 5.11 Å². The molecule has 2 unspecified atom stereocenters. The molecule has 0 spiro atoms. The molecule has 0 saturated heterocycles. The van der Waals surface area contributed by atoms with E-state index in [9.17, 15) is 4.79 Å². The summed E-state index contributed by atoms with van der Waals surface area (Å²) in [6.45, 7) is 5.49. The molecule has 1 N–H and O–H groups in total. The molecular formula is C12H13BrO2. The van der Waals surface area contributed by atoms with Gasteiger partial charge in [0, 0.05) is 4.47 Å². The average molecular weight is 269 g/mol. The molecular weight excluding hydrogens is 256 g/mol. The standard InChI is InChI=1S/C12H13BrO2/c1-3-8(2)11(12(14)15)9-4-6-10(13)7-5-9/h3-8,11H,1H2,2H3,(H,14,15). The van der Waals surface area contributed by atoms with Crippen molar-refractivity contribution in [2.45, 2.75) is 12.8 Å². The third-order valence-electron chi connectivity index (χ3n) is 2.39. The zero-order valence-electron chi connectivity index (χ0n) is 8.48. The van der Waals surface area contributed by atoms with Crippen LogP contribution in [0.1, 0.15) is 18.4 Å². The highest BCUT2D eigenvalue weighted by Gasteiger charge is 2.24. The summed E-state index contributed by atoms with van der Waals surface area (Å²) < 4.78 is 0.946. The predicted molar refractivity (Wildman–Crippen MR) is 63.9 cm³/mol. The van der Waals surface area contributed by atoms with Crippen molar-refractivity contribution in [3.8, 4) is 0 Å².